The zero-order valence-corrected chi connectivity index (χ0v) is 19.1. The molecule has 1 heterocycles. The van der Waals surface area contributed by atoms with Crippen molar-refractivity contribution in [3.8, 4) is 0 Å². The van der Waals surface area contributed by atoms with Crippen LogP contribution in [0.3, 0.4) is 0 Å². The Balaban J connectivity index is 2.23. The molecule has 0 spiro atoms. The molecule has 162 valence electrons. The molecule has 7 nitrogen and oxygen atoms in total. The van der Waals surface area contributed by atoms with Crippen molar-refractivity contribution in [2.24, 2.45) is 0 Å². The van der Waals surface area contributed by atoms with Crippen molar-refractivity contribution >= 4 is 40.0 Å². The highest BCUT2D eigenvalue weighted by Gasteiger charge is 2.18. The molecule has 1 atom stereocenters. The van der Waals surface area contributed by atoms with E-state index in [9.17, 15) is 13.8 Å². The van der Waals surface area contributed by atoms with Crippen LogP contribution in [0.15, 0.2) is 51.7 Å². The Morgan fingerprint density at radius 2 is 2.00 bits per heavy atom. The fourth-order valence-corrected chi connectivity index (χ4v) is 3.63. The van der Waals surface area contributed by atoms with E-state index in [1.54, 1.807) is 18.4 Å². The maximum Gasteiger partial charge on any atom is 0.343 e. The summed E-state index contributed by atoms with van der Waals surface area (Å²) in [7, 11) is -1.43. The van der Waals surface area contributed by atoms with E-state index in [2.05, 4.69) is 10.6 Å². The molecule has 1 amide bonds. The summed E-state index contributed by atoms with van der Waals surface area (Å²) < 4.78 is 22.6. The highest BCUT2D eigenvalue weighted by Crippen LogP contribution is 2.31. The van der Waals surface area contributed by atoms with E-state index in [0.717, 1.165) is 0 Å². The topological polar surface area (TPSA) is 97.6 Å². The Morgan fingerprint density at radius 3 is 2.57 bits per heavy atom. The Bertz CT molecular complexity index is 978. The zero-order valence-electron chi connectivity index (χ0n) is 17.5. The number of ether oxygens (including phenoxy) is 1. The Labute approximate surface area is 183 Å². The molecule has 0 saturated carbocycles. The van der Waals surface area contributed by atoms with Crippen molar-refractivity contribution in [2.45, 2.75) is 44.7 Å². The number of hydrogen-bond donors (Lipinski definition) is 2. The van der Waals surface area contributed by atoms with Crippen LogP contribution in [0.25, 0.3) is 0 Å². The second kappa shape index (κ2) is 9.95. The monoisotopic (exact) mass is 452 g/mol. The standard InChI is InChI=1S/C21H25ClN2O5S/c1-13(9-18(25)24-21(2,3)4)29-20(26)14-10-16(19(22)17(11-14)30(5)27)23-12-15-7-6-8-28-15/h6-11,23H,12H2,1-5H3,(H,24,25). The van der Waals surface area contributed by atoms with E-state index < -0.39 is 22.3 Å². The van der Waals surface area contributed by atoms with Crippen molar-refractivity contribution in [2.75, 3.05) is 11.6 Å². The first-order valence-corrected chi connectivity index (χ1v) is 11.1. The molecule has 0 saturated heterocycles. The van der Waals surface area contributed by atoms with Crippen molar-refractivity contribution < 1.29 is 23.0 Å². The van der Waals surface area contributed by atoms with Gasteiger partial charge in [0.05, 0.1) is 44.8 Å². The van der Waals surface area contributed by atoms with Crippen LogP contribution in [-0.2, 0) is 26.9 Å². The van der Waals surface area contributed by atoms with Gasteiger partial charge in [0.25, 0.3) is 0 Å². The lowest BCUT2D eigenvalue weighted by Crippen LogP contribution is -2.39. The molecule has 0 radical (unpaired) electrons. The third kappa shape index (κ3) is 7.03. The summed E-state index contributed by atoms with van der Waals surface area (Å²) in [5.74, 6) is -0.278. The number of benzene rings is 1. The summed E-state index contributed by atoms with van der Waals surface area (Å²) in [6.45, 7) is 7.37. The molecule has 9 heteroatoms. The SMILES string of the molecule is CC(=CC(=O)NC(C)(C)C)OC(=O)c1cc(NCc2ccco2)c(Cl)c(S(C)=O)c1. The zero-order chi connectivity index (χ0) is 22.5. The summed E-state index contributed by atoms with van der Waals surface area (Å²) in [5.41, 5.74) is 0.151. The van der Waals surface area contributed by atoms with Crippen LogP contribution >= 0.6 is 11.6 Å². The minimum atomic E-state index is -1.43. The Hall–Kier alpha value is -2.58. The Kier molecular flexibility index (Phi) is 7.86. The lowest BCUT2D eigenvalue weighted by molar-refractivity contribution is -0.117. The molecule has 1 unspecified atom stereocenters. The molecular formula is C21H25ClN2O5S. The van der Waals surface area contributed by atoms with E-state index in [1.165, 1.54) is 31.4 Å². The van der Waals surface area contributed by atoms with E-state index in [1.807, 2.05) is 20.8 Å². The average Bonchev–Trinajstić information content (AvgIpc) is 3.11. The summed E-state index contributed by atoms with van der Waals surface area (Å²) >= 11 is 6.35. The first-order valence-electron chi connectivity index (χ1n) is 9.12. The number of nitrogens with one attached hydrogen (secondary N) is 2. The van der Waals surface area contributed by atoms with Crippen LogP contribution in [0.5, 0.6) is 0 Å². The normalized spacial score (nSPS) is 12.9. The molecule has 0 bridgehead atoms. The maximum absolute atomic E-state index is 12.6. The molecule has 2 rings (SSSR count). The van der Waals surface area contributed by atoms with Gasteiger partial charge in [0.15, 0.2) is 0 Å². The van der Waals surface area contributed by atoms with Gasteiger partial charge in [0.1, 0.15) is 11.5 Å². The number of esters is 1. The van der Waals surface area contributed by atoms with Crippen LogP contribution in [0.2, 0.25) is 5.02 Å². The molecule has 0 fully saturated rings. The second-order valence-electron chi connectivity index (χ2n) is 7.61. The number of furan rings is 1. The highest BCUT2D eigenvalue weighted by atomic mass is 35.5. The largest absolute Gasteiger partial charge is 0.467 e. The van der Waals surface area contributed by atoms with Crippen LogP contribution in [-0.4, -0.2) is 27.9 Å². The number of carbonyl (C=O) groups is 2. The van der Waals surface area contributed by atoms with Crippen molar-refractivity contribution in [3.63, 3.8) is 0 Å². The van der Waals surface area contributed by atoms with E-state index in [4.69, 9.17) is 20.8 Å². The molecule has 30 heavy (non-hydrogen) atoms. The van der Waals surface area contributed by atoms with Crippen LogP contribution < -0.4 is 10.6 Å². The maximum atomic E-state index is 12.6. The third-order valence-electron chi connectivity index (χ3n) is 3.70. The number of allylic oxidation sites excluding steroid dienone is 1. The van der Waals surface area contributed by atoms with Crippen molar-refractivity contribution in [3.05, 3.63) is 58.7 Å². The second-order valence-corrected chi connectivity index (χ2v) is 9.33. The summed E-state index contributed by atoms with van der Waals surface area (Å²) in [6, 6.07) is 6.46. The Morgan fingerprint density at radius 1 is 1.30 bits per heavy atom. The molecule has 0 aliphatic rings. The van der Waals surface area contributed by atoms with E-state index in [-0.39, 0.29) is 22.3 Å². The van der Waals surface area contributed by atoms with Crippen molar-refractivity contribution in [1.29, 1.82) is 0 Å². The molecule has 1 aromatic carbocycles. The number of anilines is 1. The molecule has 2 aromatic rings. The van der Waals surface area contributed by atoms with Gasteiger partial charge in [-0.05, 0) is 52.0 Å². The number of amides is 1. The van der Waals surface area contributed by atoms with Crippen LogP contribution in [0.1, 0.15) is 43.8 Å². The molecule has 1 aromatic heterocycles. The first-order chi connectivity index (χ1) is 14.0. The van der Waals surface area contributed by atoms with Crippen LogP contribution in [0.4, 0.5) is 5.69 Å². The number of hydrogen-bond acceptors (Lipinski definition) is 6. The number of rotatable bonds is 7. The first kappa shape index (κ1) is 23.7. The van der Waals surface area contributed by atoms with Crippen LogP contribution in [0, 0.1) is 0 Å². The predicted octanol–water partition coefficient (Wildman–Crippen LogP) is 4.26. The lowest BCUT2D eigenvalue weighted by Gasteiger charge is -2.19. The quantitative estimate of drug-likeness (QED) is 0.370. The van der Waals surface area contributed by atoms with Gasteiger partial charge < -0.3 is 19.8 Å². The summed E-state index contributed by atoms with van der Waals surface area (Å²) in [5, 5.41) is 6.07. The minimum Gasteiger partial charge on any atom is -0.467 e. The highest BCUT2D eigenvalue weighted by molar-refractivity contribution is 7.84. The molecule has 0 aliphatic carbocycles. The van der Waals surface area contributed by atoms with E-state index in [0.29, 0.717) is 22.9 Å². The van der Waals surface area contributed by atoms with Gasteiger partial charge in [-0.1, -0.05) is 11.6 Å². The van der Waals surface area contributed by atoms with Gasteiger partial charge in [0.2, 0.25) is 5.91 Å². The average molecular weight is 453 g/mol. The molecular weight excluding hydrogens is 428 g/mol. The van der Waals surface area contributed by atoms with Gasteiger partial charge >= 0.3 is 5.97 Å². The van der Waals surface area contributed by atoms with Gasteiger partial charge in [0, 0.05) is 17.9 Å². The predicted molar refractivity (Wildman–Crippen MR) is 117 cm³/mol. The van der Waals surface area contributed by atoms with Gasteiger partial charge in [-0.15, -0.1) is 0 Å². The summed E-state index contributed by atoms with van der Waals surface area (Å²) in [4.78, 5) is 24.9. The van der Waals surface area contributed by atoms with Crippen molar-refractivity contribution in [1.82, 2.24) is 5.32 Å². The third-order valence-corrected chi connectivity index (χ3v) is 5.16. The number of halogens is 1. The lowest BCUT2D eigenvalue weighted by atomic mass is 10.1. The minimum absolute atomic E-state index is 0.126. The molecule has 0 aliphatic heterocycles. The van der Waals surface area contributed by atoms with Gasteiger partial charge in [-0.3, -0.25) is 9.00 Å². The summed E-state index contributed by atoms with van der Waals surface area (Å²) in [6.07, 6.45) is 4.21. The van der Waals surface area contributed by atoms with E-state index >= 15 is 0 Å². The van der Waals surface area contributed by atoms with Gasteiger partial charge in [-0.25, -0.2) is 4.79 Å². The van der Waals surface area contributed by atoms with Gasteiger partial charge in [-0.2, -0.15) is 0 Å². The molecule has 2 N–H and O–H groups in total. The fourth-order valence-electron chi connectivity index (χ4n) is 2.47. The smallest absolute Gasteiger partial charge is 0.343 e. The number of carbonyl (C=O) groups excluding carboxylic acids is 2. The fraction of sp³-hybridized carbons (Fsp3) is 0.333.